The summed E-state index contributed by atoms with van der Waals surface area (Å²) in [4.78, 5) is 11.0. The zero-order valence-electron chi connectivity index (χ0n) is 16.0. The van der Waals surface area contributed by atoms with Gasteiger partial charge in [-0.05, 0) is 24.8 Å². The largest absolute Gasteiger partial charge is 0.486 e. The van der Waals surface area contributed by atoms with Gasteiger partial charge in [0.25, 0.3) is 0 Å². The number of nitrogens with zero attached hydrogens (tertiary/aromatic N) is 3. The Hall–Kier alpha value is -2.19. The summed E-state index contributed by atoms with van der Waals surface area (Å²) >= 11 is 1.87. The van der Waals surface area contributed by atoms with Gasteiger partial charge in [-0.1, -0.05) is 12.1 Å². The van der Waals surface area contributed by atoms with Gasteiger partial charge in [0.05, 0.1) is 12.4 Å². The van der Waals surface area contributed by atoms with Crippen molar-refractivity contribution in [3.05, 3.63) is 36.7 Å². The molecule has 8 heteroatoms. The number of para-hydroxylation sites is 2. The molecule has 7 nitrogen and oxygen atoms in total. The molecule has 2 unspecified atom stereocenters. The number of ether oxygens (including phenoxy) is 4. The van der Waals surface area contributed by atoms with Gasteiger partial charge >= 0.3 is 0 Å². The Morgan fingerprint density at radius 3 is 2.96 bits per heavy atom. The number of likely N-dealkylation sites (tertiary alicyclic amines) is 1. The van der Waals surface area contributed by atoms with Crippen molar-refractivity contribution in [2.24, 2.45) is 0 Å². The molecule has 28 heavy (non-hydrogen) atoms. The number of hydrogen-bond acceptors (Lipinski definition) is 8. The minimum absolute atomic E-state index is 0.151. The molecule has 1 aromatic heterocycles. The van der Waals surface area contributed by atoms with Crippen LogP contribution < -0.4 is 18.9 Å². The molecule has 1 saturated heterocycles. The van der Waals surface area contributed by atoms with Gasteiger partial charge in [0.2, 0.25) is 11.8 Å². The molecule has 150 valence electrons. The van der Waals surface area contributed by atoms with Gasteiger partial charge in [0.15, 0.2) is 17.6 Å². The first-order valence-corrected chi connectivity index (χ1v) is 10.9. The van der Waals surface area contributed by atoms with Crippen molar-refractivity contribution in [3.8, 4) is 23.3 Å². The van der Waals surface area contributed by atoms with E-state index in [-0.39, 0.29) is 12.2 Å². The maximum absolute atomic E-state index is 6.01. The average Bonchev–Trinajstić information content (AvgIpc) is 3.18. The second-order valence-corrected chi connectivity index (χ2v) is 7.81. The lowest BCUT2D eigenvalue weighted by atomic mass is 10.3. The maximum atomic E-state index is 6.01. The standard InChI is InChI=1S/C20H25N3O4S/c1-28-9-8-23-7-6-15(12-23)27-20-11-21-10-19(22-20)25-14-16-13-24-17-4-2-3-5-18(17)26-16/h2-5,10-11,15-16H,6-9,12-14H2,1H3. The van der Waals surface area contributed by atoms with Crippen LogP contribution in [0.5, 0.6) is 23.3 Å². The van der Waals surface area contributed by atoms with Crippen LogP contribution in [0.4, 0.5) is 0 Å². The molecule has 1 fully saturated rings. The normalized spacial score (nSPS) is 21.5. The van der Waals surface area contributed by atoms with Crippen molar-refractivity contribution in [1.29, 1.82) is 0 Å². The summed E-state index contributed by atoms with van der Waals surface area (Å²) in [5.74, 6) is 3.57. The van der Waals surface area contributed by atoms with Crippen LogP contribution in [0, 0.1) is 0 Å². The monoisotopic (exact) mass is 403 g/mol. The summed E-state index contributed by atoms with van der Waals surface area (Å²) < 4.78 is 23.4. The van der Waals surface area contributed by atoms with E-state index in [2.05, 4.69) is 21.1 Å². The molecular weight excluding hydrogens is 378 g/mol. The summed E-state index contributed by atoms with van der Waals surface area (Å²) in [7, 11) is 0. The number of aromatic nitrogens is 2. The van der Waals surface area contributed by atoms with Gasteiger partial charge in [-0.3, -0.25) is 9.88 Å². The Labute approximate surface area is 169 Å². The van der Waals surface area contributed by atoms with E-state index in [0.29, 0.717) is 25.0 Å². The minimum Gasteiger partial charge on any atom is -0.486 e. The molecule has 2 aromatic rings. The SMILES string of the molecule is CSCCN1CCC(Oc2cncc(OCC3COc4ccccc4O3)n2)C1. The van der Waals surface area contributed by atoms with E-state index in [1.54, 1.807) is 12.4 Å². The zero-order valence-corrected chi connectivity index (χ0v) is 16.8. The molecule has 0 N–H and O–H groups in total. The first-order valence-electron chi connectivity index (χ1n) is 9.51. The fourth-order valence-electron chi connectivity index (χ4n) is 3.27. The van der Waals surface area contributed by atoms with Crippen LogP contribution in [0.15, 0.2) is 36.7 Å². The third-order valence-corrected chi connectivity index (χ3v) is 5.29. The lowest BCUT2D eigenvalue weighted by Crippen LogP contribution is -2.34. The van der Waals surface area contributed by atoms with E-state index >= 15 is 0 Å². The number of fused-ring (bicyclic) bond motifs is 1. The van der Waals surface area contributed by atoms with Gasteiger partial charge in [-0.15, -0.1) is 0 Å². The lowest BCUT2D eigenvalue weighted by Gasteiger charge is -2.26. The Balaban J connectivity index is 1.26. The maximum Gasteiger partial charge on any atom is 0.235 e. The Morgan fingerprint density at radius 1 is 1.21 bits per heavy atom. The van der Waals surface area contributed by atoms with E-state index in [4.69, 9.17) is 18.9 Å². The van der Waals surface area contributed by atoms with Crippen LogP contribution in [0.1, 0.15) is 6.42 Å². The van der Waals surface area contributed by atoms with E-state index in [0.717, 1.165) is 43.3 Å². The van der Waals surface area contributed by atoms with Gasteiger partial charge in [-0.2, -0.15) is 16.7 Å². The quantitative estimate of drug-likeness (QED) is 0.666. The van der Waals surface area contributed by atoms with Crippen LogP contribution in [-0.4, -0.2) is 71.9 Å². The fourth-order valence-corrected chi connectivity index (χ4v) is 3.71. The number of hydrogen-bond donors (Lipinski definition) is 0. The molecule has 1 aromatic carbocycles. The summed E-state index contributed by atoms with van der Waals surface area (Å²) in [5.41, 5.74) is 0. The highest BCUT2D eigenvalue weighted by molar-refractivity contribution is 7.98. The van der Waals surface area contributed by atoms with Crippen LogP contribution in [0.2, 0.25) is 0 Å². The number of thioether (sulfide) groups is 1. The van der Waals surface area contributed by atoms with Crippen molar-refractivity contribution >= 4 is 11.8 Å². The van der Waals surface area contributed by atoms with Crippen molar-refractivity contribution in [2.45, 2.75) is 18.6 Å². The molecule has 0 aliphatic carbocycles. The summed E-state index contributed by atoms with van der Waals surface area (Å²) in [5, 5.41) is 0. The Morgan fingerprint density at radius 2 is 2.07 bits per heavy atom. The molecule has 0 bridgehead atoms. The Bertz CT molecular complexity index is 779. The van der Waals surface area contributed by atoms with Gasteiger partial charge in [-0.25, -0.2) is 0 Å². The van der Waals surface area contributed by atoms with Crippen molar-refractivity contribution in [3.63, 3.8) is 0 Å². The molecular formula is C20H25N3O4S. The number of rotatable bonds is 8. The van der Waals surface area contributed by atoms with Crippen LogP contribution in [0.25, 0.3) is 0 Å². The van der Waals surface area contributed by atoms with Crippen molar-refractivity contribution < 1.29 is 18.9 Å². The summed E-state index contributed by atoms with van der Waals surface area (Å²) in [6.07, 6.45) is 6.32. The third-order valence-electron chi connectivity index (χ3n) is 4.70. The van der Waals surface area contributed by atoms with Crippen LogP contribution >= 0.6 is 11.8 Å². The average molecular weight is 404 g/mol. The third kappa shape index (κ3) is 4.99. The predicted molar refractivity (Wildman–Crippen MR) is 108 cm³/mol. The van der Waals surface area contributed by atoms with Crippen LogP contribution in [0.3, 0.4) is 0 Å². The molecule has 0 radical (unpaired) electrons. The second kappa shape index (κ2) is 9.34. The first kappa shape index (κ1) is 19.1. The lowest BCUT2D eigenvalue weighted by molar-refractivity contribution is 0.0516. The molecule has 2 aliphatic heterocycles. The molecule has 0 amide bonds. The van der Waals surface area contributed by atoms with Gasteiger partial charge < -0.3 is 18.9 Å². The first-order chi connectivity index (χ1) is 13.8. The molecule has 0 saturated carbocycles. The predicted octanol–water partition coefficient (Wildman–Crippen LogP) is 2.51. The van der Waals surface area contributed by atoms with Crippen LogP contribution in [-0.2, 0) is 0 Å². The highest BCUT2D eigenvalue weighted by Gasteiger charge is 2.24. The van der Waals surface area contributed by atoms with Crippen molar-refractivity contribution in [1.82, 2.24) is 14.9 Å². The highest BCUT2D eigenvalue weighted by Crippen LogP contribution is 2.31. The molecule has 2 aliphatic rings. The minimum atomic E-state index is -0.193. The molecule has 0 spiro atoms. The number of benzene rings is 1. The summed E-state index contributed by atoms with van der Waals surface area (Å²) in [6, 6.07) is 7.62. The molecule has 2 atom stereocenters. The van der Waals surface area contributed by atoms with E-state index in [1.807, 2.05) is 36.0 Å². The van der Waals surface area contributed by atoms with E-state index in [9.17, 15) is 0 Å². The Kier molecular flexibility index (Phi) is 6.38. The molecule has 3 heterocycles. The summed E-state index contributed by atoms with van der Waals surface area (Å²) in [6.45, 7) is 3.87. The topological polar surface area (TPSA) is 65.9 Å². The smallest absolute Gasteiger partial charge is 0.235 e. The second-order valence-electron chi connectivity index (χ2n) is 6.83. The fraction of sp³-hybridized carbons (Fsp3) is 0.500. The van der Waals surface area contributed by atoms with Crippen molar-refractivity contribution in [2.75, 3.05) is 44.9 Å². The van der Waals surface area contributed by atoms with Gasteiger partial charge in [0, 0.05) is 25.4 Å². The molecule has 4 rings (SSSR count). The van der Waals surface area contributed by atoms with E-state index in [1.165, 1.54) is 0 Å². The van der Waals surface area contributed by atoms with Gasteiger partial charge in [0.1, 0.15) is 19.3 Å². The zero-order chi connectivity index (χ0) is 19.2. The highest BCUT2D eigenvalue weighted by atomic mass is 32.2. The van der Waals surface area contributed by atoms with E-state index < -0.39 is 0 Å².